The van der Waals surface area contributed by atoms with E-state index in [2.05, 4.69) is 28.5 Å². The monoisotopic (exact) mass is 293 g/mol. The molecule has 2 fully saturated rings. The highest BCUT2D eigenvalue weighted by molar-refractivity contribution is 5.65. The van der Waals surface area contributed by atoms with E-state index in [1.165, 1.54) is 37.7 Å². The van der Waals surface area contributed by atoms with Crippen molar-refractivity contribution in [3.63, 3.8) is 0 Å². The van der Waals surface area contributed by atoms with E-state index in [1.54, 1.807) is 0 Å². The molecule has 1 saturated carbocycles. The lowest BCUT2D eigenvalue weighted by molar-refractivity contribution is 0.149. The molecule has 3 heterocycles. The lowest BCUT2D eigenvalue weighted by Crippen LogP contribution is -2.37. The van der Waals surface area contributed by atoms with E-state index in [9.17, 15) is 5.26 Å². The summed E-state index contributed by atoms with van der Waals surface area (Å²) in [5, 5.41) is 9.60. The molecular weight excluding hydrogens is 270 g/mol. The number of nitriles is 1. The zero-order chi connectivity index (χ0) is 15.1. The Kier molecular flexibility index (Phi) is 3.43. The van der Waals surface area contributed by atoms with Gasteiger partial charge in [0.05, 0.1) is 11.1 Å². The highest BCUT2D eigenvalue weighted by atomic mass is 15.2. The van der Waals surface area contributed by atoms with Gasteiger partial charge in [0, 0.05) is 36.6 Å². The van der Waals surface area contributed by atoms with Crippen LogP contribution >= 0.6 is 0 Å². The Hall–Kier alpha value is -1.79. The first kappa shape index (κ1) is 13.8. The maximum absolute atomic E-state index is 9.60. The number of fused-ring (bicyclic) bond motifs is 2. The van der Waals surface area contributed by atoms with Crippen LogP contribution in [0.1, 0.15) is 50.2 Å². The Bertz CT molecular complexity index is 724. The third kappa shape index (κ3) is 2.14. The van der Waals surface area contributed by atoms with Crippen molar-refractivity contribution in [1.82, 2.24) is 9.30 Å². The summed E-state index contributed by atoms with van der Waals surface area (Å²) in [5.74, 6) is 0.881. The van der Waals surface area contributed by atoms with E-state index in [-0.39, 0.29) is 0 Å². The minimum atomic E-state index is 0.641. The van der Waals surface area contributed by atoms with Gasteiger partial charge in [0.15, 0.2) is 0 Å². The van der Waals surface area contributed by atoms with Gasteiger partial charge in [-0.3, -0.25) is 4.90 Å². The average Bonchev–Trinajstić information content (AvgIpc) is 3.05. The van der Waals surface area contributed by atoms with Gasteiger partial charge in [-0.2, -0.15) is 5.26 Å². The molecule has 0 bridgehead atoms. The van der Waals surface area contributed by atoms with Crippen molar-refractivity contribution in [1.29, 1.82) is 5.26 Å². The van der Waals surface area contributed by atoms with Crippen molar-refractivity contribution in [2.75, 3.05) is 0 Å². The highest BCUT2D eigenvalue weighted by Crippen LogP contribution is 2.40. The van der Waals surface area contributed by atoms with Crippen LogP contribution < -0.4 is 0 Å². The van der Waals surface area contributed by atoms with E-state index in [0.717, 1.165) is 29.6 Å². The summed E-state index contributed by atoms with van der Waals surface area (Å²) in [5.41, 5.74) is 3.07. The van der Waals surface area contributed by atoms with Gasteiger partial charge in [0.2, 0.25) is 0 Å². The summed E-state index contributed by atoms with van der Waals surface area (Å²) >= 11 is 0. The molecule has 4 rings (SSSR count). The van der Waals surface area contributed by atoms with Crippen LogP contribution in [0.15, 0.2) is 30.6 Å². The van der Waals surface area contributed by atoms with Gasteiger partial charge in [-0.05, 0) is 44.2 Å². The number of aromatic nitrogens is 1. The Balaban J connectivity index is 1.67. The summed E-state index contributed by atoms with van der Waals surface area (Å²) in [6.07, 6.45) is 11.0. The van der Waals surface area contributed by atoms with Crippen molar-refractivity contribution >= 4 is 5.52 Å². The zero-order valence-corrected chi connectivity index (χ0v) is 13.2. The summed E-state index contributed by atoms with van der Waals surface area (Å²) in [4.78, 5) is 2.67. The molecule has 3 heteroatoms. The standard InChI is InChI=1S/C19H23N3/c1-14-10-15-6-2-3-7-18(15)22(14)13-16-12-21-9-5-4-8-19(21)17(16)11-20/h4-5,8-9,12,14-15,18H,2-3,6-7,10,13H2,1H3/t14-,15-,18+/m1/s1. The van der Waals surface area contributed by atoms with E-state index in [0.29, 0.717) is 6.04 Å². The van der Waals surface area contributed by atoms with E-state index < -0.39 is 0 Å². The first-order valence-corrected chi connectivity index (χ1v) is 8.52. The molecule has 3 atom stereocenters. The van der Waals surface area contributed by atoms with Crippen molar-refractivity contribution in [2.24, 2.45) is 5.92 Å². The zero-order valence-electron chi connectivity index (χ0n) is 13.2. The molecule has 2 aliphatic rings. The van der Waals surface area contributed by atoms with Crippen molar-refractivity contribution in [3.05, 3.63) is 41.7 Å². The van der Waals surface area contributed by atoms with Crippen LogP contribution in [-0.2, 0) is 6.54 Å². The van der Waals surface area contributed by atoms with Crippen LogP contribution in [0.3, 0.4) is 0 Å². The van der Waals surface area contributed by atoms with E-state index in [4.69, 9.17) is 0 Å². The van der Waals surface area contributed by atoms with Crippen LogP contribution in [0.25, 0.3) is 5.52 Å². The number of hydrogen-bond acceptors (Lipinski definition) is 2. The average molecular weight is 293 g/mol. The molecule has 22 heavy (non-hydrogen) atoms. The number of hydrogen-bond donors (Lipinski definition) is 0. The quantitative estimate of drug-likeness (QED) is 0.839. The second-order valence-corrected chi connectivity index (χ2v) is 7.00. The Labute approximate surface area is 132 Å². The van der Waals surface area contributed by atoms with Crippen molar-refractivity contribution in [2.45, 2.75) is 57.7 Å². The molecule has 1 saturated heterocycles. The number of nitrogens with zero attached hydrogens (tertiary/aromatic N) is 3. The summed E-state index contributed by atoms with van der Waals surface area (Å²) in [6.45, 7) is 3.28. The summed E-state index contributed by atoms with van der Waals surface area (Å²) < 4.78 is 2.09. The predicted molar refractivity (Wildman–Crippen MR) is 87.5 cm³/mol. The minimum absolute atomic E-state index is 0.641. The second kappa shape index (κ2) is 5.44. The summed E-state index contributed by atoms with van der Waals surface area (Å²) in [6, 6.07) is 9.88. The number of rotatable bonds is 2. The number of pyridine rings is 1. The third-order valence-electron chi connectivity index (χ3n) is 5.73. The SMILES string of the molecule is C[C@@H]1C[C@H]2CCCC[C@@H]2N1Cc1cn2ccccc2c1C#N. The van der Waals surface area contributed by atoms with Crippen LogP contribution in [0.4, 0.5) is 0 Å². The fourth-order valence-corrected chi connectivity index (χ4v) is 4.70. The van der Waals surface area contributed by atoms with Gasteiger partial charge in [0.25, 0.3) is 0 Å². The van der Waals surface area contributed by atoms with Gasteiger partial charge in [0.1, 0.15) is 6.07 Å². The molecular formula is C19H23N3. The fourth-order valence-electron chi connectivity index (χ4n) is 4.70. The molecule has 0 N–H and O–H groups in total. The first-order valence-electron chi connectivity index (χ1n) is 8.52. The molecule has 114 valence electrons. The molecule has 2 aromatic heterocycles. The second-order valence-electron chi connectivity index (χ2n) is 7.00. The molecule has 0 unspecified atom stereocenters. The number of likely N-dealkylation sites (tertiary alicyclic amines) is 1. The molecule has 0 amide bonds. The van der Waals surface area contributed by atoms with Gasteiger partial charge in [-0.25, -0.2) is 0 Å². The third-order valence-corrected chi connectivity index (χ3v) is 5.73. The molecule has 0 spiro atoms. The molecule has 1 aliphatic heterocycles. The van der Waals surface area contributed by atoms with Gasteiger partial charge in [-0.15, -0.1) is 0 Å². The smallest absolute Gasteiger partial charge is 0.102 e. The molecule has 0 radical (unpaired) electrons. The molecule has 0 aromatic carbocycles. The van der Waals surface area contributed by atoms with Gasteiger partial charge >= 0.3 is 0 Å². The van der Waals surface area contributed by atoms with E-state index >= 15 is 0 Å². The van der Waals surface area contributed by atoms with Gasteiger partial charge in [-0.1, -0.05) is 18.9 Å². The van der Waals surface area contributed by atoms with Crippen molar-refractivity contribution in [3.8, 4) is 6.07 Å². The highest BCUT2D eigenvalue weighted by Gasteiger charge is 2.40. The predicted octanol–water partition coefficient (Wildman–Crippen LogP) is 3.96. The van der Waals surface area contributed by atoms with Crippen LogP contribution in [0, 0.1) is 17.2 Å². The molecule has 1 aliphatic carbocycles. The van der Waals surface area contributed by atoms with Crippen molar-refractivity contribution < 1.29 is 0 Å². The maximum Gasteiger partial charge on any atom is 0.102 e. The normalized spacial score (nSPS) is 28.6. The minimum Gasteiger partial charge on any atom is -0.322 e. The van der Waals surface area contributed by atoms with Gasteiger partial charge < -0.3 is 4.40 Å². The first-order chi connectivity index (χ1) is 10.8. The van der Waals surface area contributed by atoms with E-state index in [1.807, 2.05) is 24.4 Å². The molecule has 2 aromatic rings. The Morgan fingerprint density at radius 2 is 2.14 bits per heavy atom. The van der Waals surface area contributed by atoms with Crippen LogP contribution in [0.2, 0.25) is 0 Å². The Morgan fingerprint density at radius 1 is 1.27 bits per heavy atom. The van der Waals surface area contributed by atoms with Crippen LogP contribution in [-0.4, -0.2) is 21.4 Å². The fraction of sp³-hybridized carbons (Fsp3) is 0.526. The summed E-state index contributed by atoms with van der Waals surface area (Å²) in [7, 11) is 0. The lowest BCUT2D eigenvalue weighted by atomic mass is 9.85. The topological polar surface area (TPSA) is 31.4 Å². The lowest BCUT2D eigenvalue weighted by Gasteiger charge is -2.33. The maximum atomic E-state index is 9.60. The Morgan fingerprint density at radius 3 is 3.00 bits per heavy atom. The molecule has 3 nitrogen and oxygen atoms in total. The van der Waals surface area contributed by atoms with Crippen LogP contribution in [0.5, 0.6) is 0 Å². The largest absolute Gasteiger partial charge is 0.322 e.